The summed E-state index contributed by atoms with van der Waals surface area (Å²) in [5.41, 5.74) is 8.88. The monoisotopic (exact) mass is 350 g/mol. The van der Waals surface area contributed by atoms with Gasteiger partial charge in [-0.2, -0.15) is 15.5 Å². The third-order valence-corrected chi connectivity index (χ3v) is 4.10. The lowest BCUT2D eigenvalue weighted by Gasteiger charge is -2.11. The van der Waals surface area contributed by atoms with Gasteiger partial charge >= 0.3 is 0 Å². The van der Waals surface area contributed by atoms with Gasteiger partial charge in [-0.05, 0) is 31.0 Å². The zero-order valence-electron chi connectivity index (χ0n) is 15.0. The van der Waals surface area contributed by atoms with Gasteiger partial charge in [-0.25, -0.2) is 4.68 Å². The Kier molecular flexibility index (Phi) is 5.34. The number of nitrogens with two attached hydrogens (primary N) is 1. The minimum absolute atomic E-state index is 0.512. The van der Waals surface area contributed by atoms with Crippen LogP contribution in [0.5, 0.6) is 11.5 Å². The Bertz CT molecular complexity index is 920. The molecule has 0 spiro atoms. The summed E-state index contributed by atoms with van der Waals surface area (Å²) in [5, 5.41) is 18.2. The molecule has 2 N–H and O–H groups in total. The maximum Gasteiger partial charge on any atom is 0.171 e. The molecule has 0 radical (unpaired) electrons. The number of hydrogen-bond acceptors (Lipinski definition) is 5. The SMILES string of the molecule is CCc1nn(CCN)c(CC)c1Oc1cc(C#N)cc(-n2cccn2)c1. The zero-order valence-corrected chi connectivity index (χ0v) is 15.0. The van der Waals surface area contributed by atoms with Crippen LogP contribution in [0, 0.1) is 11.3 Å². The van der Waals surface area contributed by atoms with Crippen molar-refractivity contribution >= 4 is 0 Å². The van der Waals surface area contributed by atoms with E-state index in [1.807, 2.05) is 29.9 Å². The molecule has 3 rings (SSSR count). The van der Waals surface area contributed by atoms with Crippen LogP contribution in [0.2, 0.25) is 0 Å². The summed E-state index contributed by atoms with van der Waals surface area (Å²) >= 11 is 0. The van der Waals surface area contributed by atoms with E-state index >= 15 is 0 Å². The Hall–Kier alpha value is -3.11. The van der Waals surface area contributed by atoms with E-state index in [2.05, 4.69) is 23.2 Å². The zero-order chi connectivity index (χ0) is 18.5. The Balaban J connectivity index is 2.04. The molecule has 0 atom stereocenters. The molecule has 0 fully saturated rings. The first-order chi connectivity index (χ1) is 12.7. The molecule has 0 unspecified atom stereocenters. The average molecular weight is 350 g/mol. The Morgan fingerprint density at radius 1 is 1.23 bits per heavy atom. The lowest BCUT2D eigenvalue weighted by atomic mass is 10.2. The van der Waals surface area contributed by atoms with Gasteiger partial charge in [-0.15, -0.1) is 0 Å². The van der Waals surface area contributed by atoms with Crippen molar-refractivity contribution in [1.29, 1.82) is 5.26 Å². The third-order valence-electron chi connectivity index (χ3n) is 4.10. The van der Waals surface area contributed by atoms with Crippen LogP contribution in [0.1, 0.15) is 30.8 Å². The highest BCUT2D eigenvalue weighted by Crippen LogP contribution is 2.32. The Labute approximate surface area is 152 Å². The van der Waals surface area contributed by atoms with E-state index in [1.165, 1.54) is 0 Å². The quantitative estimate of drug-likeness (QED) is 0.707. The summed E-state index contributed by atoms with van der Waals surface area (Å²) in [6.45, 7) is 5.28. The van der Waals surface area contributed by atoms with Crippen LogP contribution in [-0.4, -0.2) is 26.1 Å². The van der Waals surface area contributed by atoms with Crippen LogP contribution in [-0.2, 0) is 19.4 Å². The van der Waals surface area contributed by atoms with Crippen LogP contribution in [0.25, 0.3) is 5.69 Å². The van der Waals surface area contributed by atoms with Crippen LogP contribution in [0.3, 0.4) is 0 Å². The van der Waals surface area contributed by atoms with Crippen LogP contribution in [0.4, 0.5) is 0 Å². The van der Waals surface area contributed by atoms with E-state index in [9.17, 15) is 5.26 Å². The topological polar surface area (TPSA) is 94.7 Å². The first-order valence-corrected chi connectivity index (χ1v) is 8.71. The molecular weight excluding hydrogens is 328 g/mol. The molecule has 0 aliphatic rings. The fourth-order valence-corrected chi connectivity index (χ4v) is 2.91. The van der Waals surface area contributed by atoms with Gasteiger partial charge in [0.25, 0.3) is 0 Å². The molecular formula is C19H22N6O. The second kappa shape index (κ2) is 7.85. The summed E-state index contributed by atoms with van der Waals surface area (Å²) in [7, 11) is 0. The van der Waals surface area contributed by atoms with Crippen LogP contribution >= 0.6 is 0 Å². The average Bonchev–Trinajstić information content (AvgIpc) is 3.30. The lowest BCUT2D eigenvalue weighted by Crippen LogP contribution is -2.13. The maximum absolute atomic E-state index is 9.36. The molecule has 26 heavy (non-hydrogen) atoms. The molecule has 7 nitrogen and oxygen atoms in total. The summed E-state index contributed by atoms with van der Waals surface area (Å²) < 4.78 is 9.83. The number of nitrogens with zero attached hydrogens (tertiary/aromatic N) is 5. The van der Waals surface area contributed by atoms with Crippen molar-refractivity contribution in [1.82, 2.24) is 19.6 Å². The number of benzene rings is 1. The van der Waals surface area contributed by atoms with E-state index in [1.54, 1.807) is 23.0 Å². The van der Waals surface area contributed by atoms with E-state index in [4.69, 9.17) is 10.5 Å². The number of hydrogen-bond donors (Lipinski definition) is 1. The van der Waals surface area contributed by atoms with Crippen molar-refractivity contribution in [2.75, 3.05) is 6.54 Å². The Morgan fingerprint density at radius 3 is 2.69 bits per heavy atom. The minimum Gasteiger partial charge on any atom is -0.453 e. The molecule has 0 aliphatic heterocycles. The molecule has 1 aromatic carbocycles. The first-order valence-electron chi connectivity index (χ1n) is 8.71. The number of nitriles is 1. The summed E-state index contributed by atoms with van der Waals surface area (Å²) in [5.74, 6) is 1.34. The maximum atomic E-state index is 9.36. The van der Waals surface area contributed by atoms with E-state index in [-0.39, 0.29) is 0 Å². The standard InChI is InChI=1S/C19H22N6O/c1-3-17-19(18(4-2)25(23-17)9-6-20)26-16-11-14(13-21)10-15(12-16)24-8-5-7-22-24/h5,7-8,10-12H,3-4,6,9,20H2,1-2H3. The summed E-state index contributed by atoms with van der Waals surface area (Å²) in [6, 6.07) is 9.39. The van der Waals surface area contributed by atoms with Crippen LogP contribution in [0.15, 0.2) is 36.7 Å². The molecule has 0 bridgehead atoms. The highest BCUT2D eigenvalue weighted by Gasteiger charge is 2.18. The first kappa shape index (κ1) is 17.7. The van der Waals surface area contributed by atoms with Crippen molar-refractivity contribution in [3.8, 4) is 23.3 Å². The molecule has 2 heterocycles. The van der Waals surface area contributed by atoms with Gasteiger partial charge < -0.3 is 10.5 Å². The molecule has 0 saturated carbocycles. The molecule has 0 amide bonds. The Morgan fingerprint density at radius 2 is 2.08 bits per heavy atom. The smallest absolute Gasteiger partial charge is 0.171 e. The van der Waals surface area contributed by atoms with E-state index in [0.29, 0.717) is 24.4 Å². The highest BCUT2D eigenvalue weighted by molar-refractivity contribution is 5.49. The summed E-state index contributed by atoms with van der Waals surface area (Å²) in [6.07, 6.45) is 5.06. The number of aromatic nitrogens is 4. The van der Waals surface area contributed by atoms with Crippen molar-refractivity contribution in [2.45, 2.75) is 33.2 Å². The van der Waals surface area contributed by atoms with Gasteiger partial charge in [0.1, 0.15) is 11.4 Å². The van der Waals surface area contributed by atoms with Gasteiger partial charge in [0.05, 0.1) is 29.6 Å². The van der Waals surface area contributed by atoms with Crippen molar-refractivity contribution in [2.24, 2.45) is 5.73 Å². The lowest BCUT2D eigenvalue weighted by molar-refractivity contribution is 0.467. The minimum atomic E-state index is 0.512. The molecule has 0 saturated heterocycles. The van der Waals surface area contributed by atoms with Gasteiger partial charge in [-0.1, -0.05) is 13.8 Å². The summed E-state index contributed by atoms with van der Waals surface area (Å²) in [4.78, 5) is 0. The van der Waals surface area contributed by atoms with E-state index < -0.39 is 0 Å². The fraction of sp³-hybridized carbons (Fsp3) is 0.316. The molecule has 7 heteroatoms. The van der Waals surface area contributed by atoms with Gasteiger partial charge in [0.15, 0.2) is 5.75 Å². The predicted molar refractivity (Wildman–Crippen MR) is 98.4 cm³/mol. The normalized spacial score (nSPS) is 10.7. The molecule has 0 aliphatic carbocycles. The van der Waals surface area contributed by atoms with Gasteiger partial charge in [0, 0.05) is 25.0 Å². The van der Waals surface area contributed by atoms with Crippen molar-refractivity contribution < 1.29 is 4.74 Å². The van der Waals surface area contributed by atoms with Gasteiger partial charge in [-0.3, -0.25) is 4.68 Å². The van der Waals surface area contributed by atoms with Gasteiger partial charge in [0.2, 0.25) is 0 Å². The van der Waals surface area contributed by atoms with Crippen LogP contribution < -0.4 is 10.5 Å². The number of rotatable bonds is 7. The molecule has 134 valence electrons. The second-order valence-electron chi connectivity index (χ2n) is 5.82. The molecule has 2 aromatic heterocycles. The number of ether oxygens (including phenoxy) is 1. The third kappa shape index (κ3) is 3.46. The molecule has 3 aromatic rings. The predicted octanol–water partition coefficient (Wildman–Crippen LogP) is 2.82. The fourth-order valence-electron chi connectivity index (χ4n) is 2.91. The number of aryl methyl sites for hydroxylation is 1. The second-order valence-corrected chi connectivity index (χ2v) is 5.82. The largest absolute Gasteiger partial charge is 0.453 e. The van der Waals surface area contributed by atoms with Crippen molar-refractivity contribution in [3.05, 3.63) is 53.6 Å². The van der Waals surface area contributed by atoms with Crippen molar-refractivity contribution in [3.63, 3.8) is 0 Å². The van der Waals surface area contributed by atoms with E-state index in [0.717, 1.165) is 35.7 Å². The highest BCUT2D eigenvalue weighted by atomic mass is 16.5.